The number of nitrogens with one attached hydrogen (secondary N) is 4. The van der Waals surface area contributed by atoms with Crippen LogP contribution in [0.15, 0.2) is 30.6 Å². The molecule has 30 heavy (non-hydrogen) atoms. The Kier molecular flexibility index (Phi) is 6.71. The summed E-state index contributed by atoms with van der Waals surface area (Å²) in [5.41, 5.74) is 6.45. The molecule has 1 aromatic carbocycles. The number of hydrogen-bond acceptors (Lipinski definition) is 6. The Morgan fingerprint density at radius 2 is 2.00 bits per heavy atom. The Morgan fingerprint density at radius 1 is 1.30 bits per heavy atom. The lowest BCUT2D eigenvalue weighted by Crippen LogP contribution is -2.38. The lowest BCUT2D eigenvalue weighted by atomic mass is 9.92. The predicted molar refractivity (Wildman–Crippen MR) is 116 cm³/mol. The standard InChI is InChI=1S/C21H29F2N7/c1-12(2)30-20(27-13(3)26-16-7-5-15(25)6-8-16)19(11-24)29-21(30)28-18-9-4-14(22)10-17(18)23/h4,9-12,15-16,24,26-27H,3,5-8,25H2,1-2H3,(H,28,29). The highest BCUT2D eigenvalue weighted by atomic mass is 19.1. The van der Waals surface area contributed by atoms with Crippen molar-refractivity contribution in [2.24, 2.45) is 5.73 Å². The van der Waals surface area contributed by atoms with Crippen molar-refractivity contribution in [2.75, 3.05) is 10.6 Å². The zero-order chi connectivity index (χ0) is 21.8. The fourth-order valence-corrected chi connectivity index (χ4v) is 3.67. The zero-order valence-electron chi connectivity index (χ0n) is 17.3. The number of rotatable bonds is 8. The topological polar surface area (TPSA) is 104 Å². The number of nitrogens with two attached hydrogens (primary N) is 1. The quantitative estimate of drug-likeness (QED) is 0.414. The van der Waals surface area contributed by atoms with E-state index in [4.69, 9.17) is 11.1 Å². The maximum atomic E-state index is 14.1. The van der Waals surface area contributed by atoms with Crippen LogP contribution in [0.4, 0.5) is 26.2 Å². The third kappa shape index (κ3) is 4.96. The molecule has 0 saturated heterocycles. The molecule has 162 valence electrons. The fraction of sp³-hybridized carbons (Fsp3) is 0.429. The van der Waals surface area contributed by atoms with Crippen LogP contribution in [-0.2, 0) is 0 Å². The minimum Gasteiger partial charge on any atom is -0.369 e. The van der Waals surface area contributed by atoms with Crippen LogP contribution in [-0.4, -0.2) is 27.8 Å². The van der Waals surface area contributed by atoms with Crippen LogP contribution in [0.1, 0.15) is 51.3 Å². The molecule has 3 rings (SSSR count). The molecule has 0 bridgehead atoms. The number of halogens is 2. The molecule has 0 amide bonds. The van der Waals surface area contributed by atoms with Gasteiger partial charge >= 0.3 is 0 Å². The van der Waals surface area contributed by atoms with Gasteiger partial charge in [-0.15, -0.1) is 0 Å². The van der Waals surface area contributed by atoms with Gasteiger partial charge in [-0.1, -0.05) is 6.58 Å². The number of nitrogens with zero attached hydrogens (tertiary/aromatic N) is 2. The van der Waals surface area contributed by atoms with Crippen molar-refractivity contribution in [3.63, 3.8) is 0 Å². The van der Waals surface area contributed by atoms with Gasteiger partial charge in [0, 0.05) is 30.4 Å². The molecule has 1 aromatic heterocycles. The van der Waals surface area contributed by atoms with Gasteiger partial charge in [-0.3, -0.25) is 4.57 Å². The molecule has 1 aliphatic carbocycles. The van der Waals surface area contributed by atoms with Crippen molar-refractivity contribution in [3.05, 3.63) is 47.9 Å². The van der Waals surface area contributed by atoms with E-state index >= 15 is 0 Å². The van der Waals surface area contributed by atoms with Crippen molar-refractivity contribution >= 4 is 23.7 Å². The first-order valence-corrected chi connectivity index (χ1v) is 10.1. The lowest BCUT2D eigenvalue weighted by molar-refractivity contribution is 0.361. The van der Waals surface area contributed by atoms with Crippen molar-refractivity contribution < 1.29 is 8.78 Å². The molecule has 2 aromatic rings. The lowest BCUT2D eigenvalue weighted by Gasteiger charge is -2.29. The molecule has 9 heteroatoms. The molecular weight excluding hydrogens is 388 g/mol. The summed E-state index contributed by atoms with van der Waals surface area (Å²) in [5.74, 6) is 0.127. The average Bonchev–Trinajstić information content (AvgIpc) is 3.03. The second-order valence-electron chi connectivity index (χ2n) is 7.89. The van der Waals surface area contributed by atoms with Crippen LogP contribution in [0.25, 0.3) is 0 Å². The molecular formula is C21H29F2N7. The molecule has 1 aliphatic rings. The minimum atomic E-state index is -0.721. The Hall–Kier alpha value is -2.94. The number of anilines is 3. The number of hydrogen-bond donors (Lipinski definition) is 5. The van der Waals surface area contributed by atoms with Crippen LogP contribution in [0.2, 0.25) is 0 Å². The highest BCUT2D eigenvalue weighted by Gasteiger charge is 2.22. The molecule has 1 fully saturated rings. The summed E-state index contributed by atoms with van der Waals surface area (Å²) < 4.78 is 29.2. The normalized spacial score (nSPS) is 18.9. The van der Waals surface area contributed by atoms with Gasteiger partial charge in [-0.05, 0) is 51.7 Å². The maximum absolute atomic E-state index is 14.1. The number of imidazole rings is 1. The van der Waals surface area contributed by atoms with E-state index in [2.05, 4.69) is 27.5 Å². The van der Waals surface area contributed by atoms with E-state index in [1.54, 1.807) is 0 Å². The first-order chi connectivity index (χ1) is 14.3. The Bertz CT molecular complexity index is 914. The Labute approximate surface area is 175 Å². The summed E-state index contributed by atoms with van der Waals surface area (Å²) in [5, 5.41) is 17.3. The minimum absolute atomic E-state index is 0.0554. The summed E-state index contributed by atoms with van der Waals surface area (Å²) in [4.78, 5) is 4.42. The van der Waals surface area contributed by atoms with E-state index < -0.39 is 11.6 Å². The van der Waals surface area contributed by atoms with E-state index in [0.717, 1.165) is 38.0 Å². The monoisotopic (exact) mass is 417 g/mol. The number of benzene rings is 1. The molecule has 7 nitrogen and oxygen atoms in total. The summed E-state index contributed by atoms with van der Waals surface area (Å²) in [6.07, 6.45) is 5.01. The van der Waals surface area contributed by atoms with Gasteiger partial charge in [0.05, 0.1) is 11.5 Å². The fourth-order valence-electron chi connectivity index (χ4n) is 3.67. The van der Waals surface area contributed by atoms with E-state index in [9.17, 15) is 8.78 Å². The van der Waals surface area contributed by atoms with Gasteiger partial charge in [0.1, 0.15) is 23.1 Å². The van der Waals surface area contributed by atoms with Gasteiger partial charge in [-0.25, -0.2) is 13.8 Å². The number of aromatic nitrogens is 2. The summed E-state index contributed by atoms with van der Waals surface area (Å²) in [7, 11) is 0. The van der Waals surface area contributed by atoms with Crippen LogP contribution in [0.3, 0.4) is 0 Å². The molecule has 0 atom stereocenters. The van der Waals surface area contributed by atoms with Crippen LogP contribution >= 0.6 is 0 Å². The third-order valence-corrected chi connectivity index (χ3v) is 5.19. The Balaban J connectivity index is 1.83. The SMILES string of the molecule is C=C(Nc1c(C=N)nc(Nc2ccc(F)cc2F)n1C(C)C)NC1CCC(N)CC1. The van der Waals surface area contributed by atoms with Crippen LogP contribution in [0.5, 0.6) is 0 Å². The summed E-state index contributed by atoms with van der Waals surface area (Å²) in [6.45, 7) is 7.96. The van der Waals surface area contributed by atoms with E-state index in [1.165, 1.54) is 12.1 Å². The van der Waals surface area contributed by atoms with Gasteiger partial charge < -0.3 is 27.1 Å². The largest absolute Gasteiger partial charge is 0.369 e. The Morgan fingerprint density at radius 3 is 2.60 bits per heavy atom. The van der Waals surface area contributed by atoms with Gasteiger partial charge in [0.15, 0.2) is 0 Å². The molecule has 1 saturated carbocycles. The second-order valence-corrected chi connectivity index (χ2v) is 7.89. The maximum Gasteiger partial charge on any atom is 0.209 e. The van der Waals surface area contributed by atoms with E-state index in [1.807, 2.05) is 18.4 Å². The van der Waals surface area contributed by atoms with Crippen LogP contribution < -0.4 is 21.7 Å². The van der Waals surface area contributed by atoms with Crippen LogP contribution in [0, 0.1) is 17.0 Å². The highest BCUT2D eigenvalue weighted by Crippen LogP contribution is 2.29. The molecule has 1 heterocycles. The van der Waals surface area contributed by atoms with E-state index in [-0.39, 0.29) is 23.8 Å². The predicted octanol–water partition coefficient (Wildman–Crippen LogP) is 4.23. The van der Waals surface area contributed by atoms with Gasteiger partial charge in [-0.2, -0.15) is 0 Å². The van der Waals surface area contributed by atoms with Gasteiger partial charge in [0.25, 0.3) is 0 Å². The molecule has 0 spiro atoms. The third-order valence-electron chi connectivity index (χ3n) is 5.19. The first-order valence-electron chi connectivity index (χ1n) is 10.1. The molecule has 0 aliphatic heterocycles. The molecule has 6 N–H and O–H groups in total. The van der Waals surface area contributed by atoms with E-state index in [0.29, 0.717) is 23.3 Å². The van der Waals surface area contributed by atoms with Gasteiger partial charge in [0.2, 0.25) is 5.95 Å². The summed E-state index contributed by atoms with van der Waals surface area (Å²) in [6, 6.07) is 3.79. The average molecular weight is 418 g/mol. The smallest absolute Gasteiger partial charge is 0.209 e. The second kappa shape index (κ2) is 9.25. The van der Waals surface area contributed by atoms with Crippen molar-refractivity contribution in [2.45, 2.75) is 57.7 Å². The van der Waals surface area contributed by atoms with Crippen molar-refractivity contribution in [1.29, 1.82) is 5.41 Å². The summed E-state index contributed by atoms with van der Waals surface area (Å²) >= 11 is 0. The van der Waals surface area contributed by atoms with Crippen molar-refractivity contribution in [1.82, 2.24) is 14.9 Å². The molecule has 0 unspecified atom stereocenters. The highest BCUT2D eigenvalue weighted by molar-refractivity contribution is 5.84. The zero-order valence-corrected chi connectivity index (χ0v) is 17.3. The molecule has 0 radical (unpaired) electrons. The first kappa shape index (κ1) is 21.8. The van der Waals surface area contributed by atoms with Crippen molar-refractivity contribution in [3.8, 4) is 0 Å².